The van der Waals surface area contributed by atoms with Gasteiger partial charge in [0.2, 0.25) is 5.88 Å². The molecule has 0 bridgehead atoms. The molecule has 0 aromatic carbocycles. The molecule has 3 aromatic rings. The molecular weight excluding hydrogens is 332 g/mol. The lowest BCUT2D eigenvalue weighted by atomic mass is 10.2. The maximum atomic E-state index is 5.71. The first-order valence-corrected chi connectivity index (χ1v) is 8.80. The summed E-state index contributed by atoms with van der Waals surface area (Å²) in [5, 5.41) is 8.37. The lowest BCUT2D eigenvalue weighted by molar-refractivity contribution is 0.0529. The van der Waals surface area contributed by atoms with Gasteiger partial charge in [0.25, 0.3) is 0 Å². The van der Waals surface area contributed by atoms with E-state index in [0.717, 1.165) is 41.2 Å². The second kappa shape index (κ2) is 6.87. The van der Waals surface area contributed by atoms with Crippen molar-refractivity contribution in [2.45, 2.75) is 33.0 Å². The zero-order valence-electron chi connectivity index (χ0n) is 15.1. The molecular formula is C18H22N6O2. The van der Waals surface area contributed by atoms with Gasteiger partial charge in [0, 0.05) is 30.6 Å². The molecule has 0 amide bonds. The number of nitrogens with zero attached hydrogens (tertiary/aromatic N) is 5. The molecule has 0 radical (unpaired) electrons. The molecule has 3 aromatic heterocycles. The SMILES string of the molecule is CC(C)Oc1cc2c(-c3cc(N4CCO[C@H](C)C4)ncn3)n[nH]c2cn1. The van der Waals surface area contributed by atoms with Crippen molar-refractivity contribution >= 4 is 16.7 Å². The van der Waals surface area contributed by atoms with Crippen LogP contribution in [-0.4, -0.2) is 57.1 Å². The Bertz CT molecular complexity index is 910. The summed E-state index contributed by atoms with van der Waals surface area (Å²) in [4.78, 5) is 15.4. The number of nitrogens with one attached hydrogen (secondary N) is 1. The number of fused-ring (bicyclic) bond motifs is 1. The van der Waals surface area contributed by atoms with E-state index in [2.05, 4.69) is 37.0 Å². The van der Waals surface area contributed by atoms with Gasteiger partial charge in [-0.2, -0.15) is 5.10 Å². The van der Waals surface area contributed by atoms with Gasteiger partial charge in [-0.1, -0.05) is 0 Å². The molecule has 4 heterocycles. The summed E-state index contributed by atoms with van der Waals surface area (Å²) in [5.74, 6) is 1.46. The number of aromatic nitrogens is 5. The normalized spacial score (nSPS) is 17.8. The molecule has 1 aliphatic rings. The Hall–Kier alpha value is -2.74. The summed E-state index contributed by atoms with van der Waals surface area (Å²) >= 11 is 0. The predicted octanol–water partition coefficient (Wildman–Crippen LogP) is 2.43. The molecule has 1 saturated heterocycles. The van der Waals surface area contributed by atoms with Crippen LogP contribution < -0.4 is 9.64 Å². The molecule has 8 nitrogen and oxygen atoms in total. The molecule has 26 heavy (non-hydrogen) atoms. The monoisotopic (exact) mass is 354 g/mol. The van der Waals surface area contributed by atoms with Crippen LogP contribution in [0.15, 0.2) is 24.7 Å². The summed E-state index contributed by atoms with van der Waals surface area (Å²) in [6.07, 6.45) is 3.56. The van der Waals surface area contributed by atoms with Gasteiger partial charge in [-0.25, -0.2) is 15.0 Å². The number of hydrogen-bond donors (Lipinski definition) is 1. The van der Waals surface area contributed by atoms with E-state index in [1.54, 1.807) is 12.5 Å². The number of ether oxygens (including phenoxy) is 2. The van der Waals surface area contributed by atoms with Crippen LogP contribution in [0.4, 0.5) is 5.82 Å². The van der Waals surface area contributed by atoms with Gasteiger partial charge in [-0.05, 0) is 20.8 Å². The Labute approximate surface area is 151 Å². The number of aromatic amines is 1. The zero-order valence-corrected chi connectivity index (χ0v) is 15.1. The molecule has 1 aliphatic heterocycles. The van der Waals surface area contributed by atoms with Crippen molar-refractivity contribution in [3.8, 4) is 17.3 Å². The van der Waals surface area contributed by atoms with Crippen molar-refractivity contribution < 1.29 is 9.47 Å². The van der Waals surface area contributed by atoms with E-state index in [9.17, 15) is 0 Å². The summed E-state index contributed by atoms with van der Waals surface area (Å²) in [5.41, 5.74) is 2.37. The van der Waals surface area contributed by atoms with E-state index in [1.165, 1.54) is 0 Å². The average molecular weight is 354 g/mol. The highest BCUT2D eigenvalue weighted by Gasteiger charge is 2.19. The second-order valence-corrected chi connectivity index (χ2v) is 6.70. The summed E-state index contributed by atoms with van der Waals surface area (Å²) in [7, 11) is 0. The van der Waals surface area contributed by atoms with Crippen molar-refractivity contribution in [2.75, 3.05) is 24.6 Å². The van der Waals surface area contributed by atoms with Gasteiger partial charge in [-0.3, -0.25) is 5.10 Å². The number of pyridine rings is 1. The molecule has 0 saturated carbocycles. The topological polar surface area (TPSA) is 89.0 Å². The molecule has 8 heteroatoms. The molecule has 0 unspecified atom stereocenters. The van der Waals surface area contributed by atoms with Crippen molar-refractivity contribution in [2.24, 2.45) is 0 Å². The quantitative estimate of drug-likeness (QED) is 0.769. The van der Waals surface area contributed by atoms with Gasteiger partial charge in [-0.15, -0.1) is 0 Å². The minimum absolute atomic E-state index is 0.0595. The van der Waals surface area contributed by atoms with Crippen LogP contribution in [0.5, 0.6) is 5.88 Å². The van der Waals surface area contributed by atoms with Crippen molar-refractivity contribution in [3.05, 3.63) is 24.7 Å². The number of H-pyrrole nitrogens is 1. The molecule has 136 valence electrons. The lowest BCUT2D eigenvalue weighted by Gasteiger charge is -2.31. The lowest BCUT2D eigenvalue weighted by Crippen LogP contribution is -2.41. The van der Waals surface area contributed by atoms with E-state index < -0.39 is 0 Å². The molecule has 1 N–H and O–H groups in total. The summed E-state index contributed by atoms with van der Waals surface area (Å²) in [6, 6.07) is 3.86. The summed E-state index contributed by atoms with van der Waals surface area (Å²) < 4.78 is 11.3. The zero-order chi connectivity index (χ0) is 18.1. The van der Waals surface area contributed by atoms with E-state index in [1.807, 2.05) is 26.0 Å². The van der Waals surface area contributed by atoms with Gasteiger partial charge in [0.05, 0.1) is 36.2 Å². The largest absolute Gasteiger partial charge is 0.475 e. The highest BCUT2D eigenvalue weighted by Crippen LogP contribution is 2.28. The fourth-order valence-electron chi connectivity index (χ4n) is 3.07. The second-order valence-electron chi connectivity index (χ2n) is 6.70. The highest BCUT2D eigenvalue weighted by molar-refractivity contribution is 5.92. The third-order valence-corrected chi connectivity index (χ3v) is 4.24. The maximum Gasteiger partial charge on any atom is 0.214 e. The van der Waals surface area contributed by atoms with Gasteiger partial charge < -0.3 is 14.4 Å². The number of rotatable bonds is 4. The van der Waals surface area contributed by atoms with Crippen LogP contribution in [-0.2, 0) is 4.74 Å². The van der Waals surface area contributed by atoms with Crippen molar-refractivity contribution in [1.29, 1.82) is 0 Å². The Kier molecular flexibility index (Phi) is 4.42. The molecule has 0 spiro atoms. The van der Waals surface area contributed by atoms with E-state index in [4.69, 9.17) is 9.47 Å². The highest BCUT2D eigenvalue weighted by atomic mass is 16.5. The third-order valence-electron chi connectivity index (χ3n) is 4.24. The van der Waals surface area contributed by atoms with E-state index in [0.29, 0.717) is 12.5 Å². The summed E-state index contributed by atoms with van der Waals surface area (Å²) in [6.45, 7) is 8.35. The van der Waals surface area contributed by atoms with Crippen molar-refractivity contribution in [3.63, 3.8) is 0 Å². The van der Waals surface area contributed by atoms with Gasteiger partial charge in [0.1, 0.15) is 17.8 Å². The first kappa shape index (κ1) is 16.7. The van der Waals surface area contributed by atoms with E-state index >= 15 is 0 Å². The van der Waals surface area contributed by atoms with Crippen LogP contribution >= 0.6 is 0 Å². The minimum atomic E-state index is 0.0595. The third kappa shape index (κ3) is 3.32. The maximum absolute atomic E-state index is 5.71. The minimum Gasteiger partial charge on any atom is -0.475 e. The first-order valence-electron chi connectivity index (χ1n) is 8.80. The van der Waals surface area contributed by atoms with E-state index in [-0.39, 0.29) is 12.2 Å². The predicted molar refractivity (Wildman–Crippen MR) is 98.3 cm³/mol. The Morgan fingerprint density at radius 3 is 2.96 bits per heavy atom. The van der Waals surface area contributed by atoms with Crippen LogP contribution in [0.3, 0.4) is 0 Å². The Balaban J connectivity index is 1.70. The van der Waals surface area contributed by atoms with Crippen LogP contribution in [0, 0.1) is 0 Å². The molecule has 1 fully saturated rings. The standard InChI is InChI=1S/C18H22N6O2/c1-11(2)26-17-6-13-15(8-19-17)22-23-18(13)14-7-16(21-10-20-14)24-4-5-25-12(3)9-24/h6-8,10-12H,4-5,9H2,1-3H3,(H,22,23)/t12-/m1/s1. The number of morpholine rings is 1. The Morgan fingerprint density at radius 1 is 1.27 bits per heavy atom. The first-order chi connectivity index (χ1) is 12.6. The van der Waals surface area contributed by atoms with Gasteiger partial charge in [0.15, 0.2) is 0 Å². The Morgan fingerprint density at radius 2 is 2.15 bits per heavy atom. The fraction of sp³-hybridized carbons (Fsp3) is 0.444. The number of hydrogen-bond acceptors (Lipinski definition) is 7. The average Bonchev–Trinajstić information content (AvgIpc) is 3.04. The molecule has 4 rings (SSSR count). The van der Waals surface area contributed by atoms with Crippen LogP contribution in [0.1, 0.15) is 20.8 Å². The molecule has 1 atom stereocenters. The smallest absolute Gasteiger partial charge is 0.214 e. The van der Waals surface area contributed by atoms with Crippen LogP contribution in [0.2, 0.25) is 0 Å². The van der Waals surface area contributed by atoms with Crippen molar-refractivity contribution in [1.82, 2.24) is 25.1 Å². The van der Waals surface area contributed by atoms with Crippen LogP contribution in [0.25, 0.3) is 22.3 Å². The molecule has 0 aliphatic carbocycles. The number of anilines is 1. The fourth-order valence-corrected chi connectivity index (χ4v) is 3.07. The van der Waals surface area contributed by atoms with Gasteiger partial charge >= 0.3 is 0 Å².